The number of nitrogens with zero attached hydrogens (tertiary/aromatic N) is 2. The van der Waals surface area contributed by atoms with Gasteiger partial charge in [0.15, 0.2) is 0 Å². The van der Waals surface area contributed by atoms with Crippen LogP contribution in [0.1, 0.15) is 18.6 Å². The lowest BCUT2D eigenvalue weighted by atomic mass is 10.1. The van der Waals surface area contributed by atoms with Crippen molar-refractivity contribution in [2.24, 2.45) is 0 Å². The van der Waals surface area contributed by atoms with E-state index in [4.69, 9.17) is 4.74 Å². The van der Waals surface area contributed by atoms with Crippen LogP contribution in [0.15, 0.2) is 30.3 Å². The maximum absolute atomic E-state index is 12.3. The van der Waals surface area contributed by atoms with Crippen molar-refractivity contribution in [3.05, 3.63) is 35.9 Å². The van der Waals surface area contributed by atoms with Gasteiger partial charge in [0.2, 0.25) is 0 Å². The Labute approximate surface area is 115 Å². The van der Waals surface area contributed by atoms with Crippen molar-refractivity contribution in [2.75, 3.05) is 27.2 Å². The molecule has 1 aliphatic rings. The van der Waals surface area contributed by atoms with Crippen molar-refractivity contribution in [3.63, 3.8) is 0 Å². The van der Waals surface area contributed by atoms with Crippen molar-refractivity contribution >= 4 is 10.2 Å². The zero-order valence-electron chi connectivity index (χ0n) is 11.5. The summed E-state index contributed by atoms with van der Waals surface area (Å²) in [4.78, 5) is 0. The van der Waals surface area contributed by atoms with E-state index in [2.05, 4.69) is 0 Å². The fraction of sp³-hybridized carbons (Fsp3) is 0.538. The van der Waals surface area contributed by atoms with Crippen LogP contribution in [-0.2, 0) is 14.9 Å². The first kappa shape index (κ1) is 14.5. The molecule has 0 radical (unpaired) electrons. The molecule has 1 aromatic carbocycles. The van der Waals surface area contributed by atoms with E-state index in [9.17, 15) is 8.42 Å². The third-order valence-electron chi connectivity index (χ3n) is 3.31. The first-order valence-corrected chi connectivity index (χ1v) is 7.68. The van der Waals surface area contributed by atoms with Crippen LogP contribution in [0.25, 0.3) is 0 Å². The zero-order chi connectivity index (χ0) is 14.0. The van der Waals surface area contributed by atoms with Gasteiger partial charge in [-0.1, -0.05) is 30.3 Å². The standard InChI is InChI=1S/C13H20N2O3S/c1-11-10-18-13(12-7-5-4-6-8-12)9-15(11)19(16,17)14(2)3/h4-8,11,13H,9-10H2,1-3H3/t11-,13+/m1/s1. The Morgan fingerprint density at radius 1 is 1.26 bits per heavy atom. The quantitative estimate of drug-likeness (QED) is 0.839. The third kappa shape index (κ3) is 2.97. The first-order chi connectivity index (χ1) is 8.93. The third-order valence-corrected chi connectivity index (χ3v) is 5.33. The molecule has 106 valence electrons. The van der Waals surface area contributed by atoms with Crippen molar-refractivity contribution < 1.29 is 13.2 Å². The van der Waals surface area contributed by atoms with Crippen LogP contribution in [0.5, 0.6) is 0 Å². The molecule has 0 saturated carbocycles. The van der Waals surface area contributed by atoms with Gasteiger partial charge in [0.25, 0.3) is 10.2 Å². The number of hydrogen-bond donors (Lipinski definition) is 0. The van der Waals surface area contributed by atoms with Gasteiger partial charge < -0.3 is 4.74 Å². The average Bonchev–Trinajstić information content (AvgIpc) is 2.40. The van der Waals surface area contributed by atoms with Crippen LogP contribution in [0.3, 0.4) is 0 Å². The van der Waals surface area contributed by atoms with Crippen molar-refractivity contribution in [3.8, 4) is 0 Å². The highest BCUT2D eigenvalue weighted by Crippen LogP contribution is 2.27. The highest BCUT2D eigenvalue weighted by atomic mass is 32.2. The fourth-order valence-corrected chi connectivity index (χ4v) is 3.39. The van der Waals surface area contributed by atoms with Crippen LogP contribution in [0.2, 0.25) is 0 Å². The van der Waals surface area contributed by atoms with Crippen molar-refractivity contribution in [1.29, 1.82) is 0 Å². The van der Waals surface area contributed by atoms with Gasteiger partial charge in [-0.05, 0) is 12.5 Å². The lowest BCUT2D eigenvalue weighted by Gasteiger charge is -2.38. The molecular weight excluding hydrogens is 264 g/mol. The number of rotatable bonds is 3. The van der Waals surface area contributed by atoms with Crippen LogP contribution >= 0.6 is 0 Å². The van der Waals surface area contributed by atoms with Gasteiger partial charge in [-0.25, -0.2) is 0 Å². The minimum Gasteiger partial charge on any atom is -0.370 e. The summed E-state index contributed by atoms with van der Waals surface area (Å²) in [7, 11) is -0.302. The molecule has 0 N–H and O–H groups in total. The minimum atomic E-state index is -3.40. The minimum absolute atomic E-state index is 0.146. The Kier molecular flexibility index (Phi) is 4.25. The second-order valence-electron chi connectivity index (χ2n) is 4.94. The molecule has 1 saturated heterocycles. The molecular formula is C13H20N2O3S. The Morgan fingerprint density at radius 2 is 1.89 bits per heavy atom. The van der Waals surface area contributed by atoms with E-state index in [0.29, 0.717) is 13.2 Å². The normalized spacial score (nSPS) is 25.7. The molecule has 0 unspecified atom stereocenters. The molecule has 6 heteroatoms. The van der Waals surface area contributed by atoms with Crippen LogP contribution < -0.4 is 0 Å². The topological polar surface area (TPSA) is 49.9 Å². The molecule has 0 aromatic heterocycles. The molecule has 1 heterocycles. The Morgan fingerprint density at radius 3 is 2.47 bits per heavy atom. The number of ether oxygens (including phenoxy) is 1. The van der Waals surface area contributed by atoms with Gasteiger partial charge in [-0.3, -0.25) is 0 Å². The lowest BCUT2D eigenvalue weighted by molar-refractivity contribution is -0.0302. The molecule has 19 heavy (non-hydrogen) atoms. The fourth-order valence-electron chi connectivity index (χ4n) is 2.14. The molecule has 1 aromatic rings. The maximum atomic E-state index is 12.3. The highest BCUT2D eigenvalue weighted by Gasteiger charge is 2.36. The summed E-state index contributed by atoms with van der Waals surface area (Å²) in [6.45, 7) is 2.63. The Hall–Kier alpha value is -0.950. The van der Waals surface area contributed by atoms with Crippen LogP contribution in [0, 0.1) is 0 Å². The van der Waals surface area contributed by atoms with Gasteiger partial charge in [-0.15, -0.1) is 0 Å². The predicted octanol–water partition coefficient (Wildman–Crippen LogP) is 1.25. The molecule has 0 bridgehead atoms. The Balaban J connectivity index is 2.22. The van der Waals surface area contributed by atoms with E-state index in [-0.39, 0.29) is 12.1 Å². The van der Waals surface area contributed by atoms with E-state index >= 15 is 0 Å². The predicted molar refractivity (Wildman–Crippen MR) is 73.9 cm³/mol. The van der Waals surface area contributed by atoms with Gasteiger partial charge in [-0.2, -0.15) is 17.0 Å². The number of morpholine rings is 1. The molecule has 0 spiro atoms. The molecule has 0 amide bonds. The molecule has 0 aliphatic carbocycles. The van der Waals surface area contributed by atoms with E-state index < -0.39 is 10.2 Å². The van der Waals surface area contributed by atoms with Crippen molar-refractivity contribution in [2.45, 2.75) is 19.1 Å². The van der Waals surface area contributed by atoms with Gasteiger partial charge in [0.1, 0.15) is 0 Å². The van der Waals surface area contributed by atoms with Gasteiger partial charge in [0.05, 0.1) is 12.7 Å². The molecule has 5 nitrogen and oxygen atoms in total. The zero-order valence-corrected chi connectivity index (χ0v) is 12.3. The summed E-state index contributed by atoms with van der Waals surface area (Å²) < 4.78 is 33.0. The van der Waals surface area contributed by atoms with Crippen LogP contribution in [0.4, 0.5) is 0 Å². The molecule has 2 atom stereocenters. The Bertz CT molecular complexity index is 516. The van der Waals surface area contributed by atoms with Gasteiger partial charge in [0, 0.05) is 26.7 Å². The molecule has 2 rings (SSSR count). The van der Waals surface area contributed by atoms with E-state index in [1.807, 2.05) is 37.3 Å². The summed E-state index contributed by atoms with van der Waals surface area (Å²) in [5, 5.41) is 0. The SMILES string of the molecule is C[C@@H]1CO[C@H](c2ccccc2)CN1S(=O)(=O)N(C)C. The largest absolute Gasteiger partial charge is 0.370 e. The van der Waals surface area contributed by atoms with Crippen molar-refractivity contribution in [1.82, 2.24) is 8.61 Å². The first-order valence-electron chi connectivity index (χ1n) is 6.28. The maximum Gasteiger partial charge on any atom is 0.281 e. The number of hydrogen-bond acceptors (Lipinski definition) is 3. The molecule has 1 fully saturated rings. The second-order valence-corrected chi connectivity index (χ2v) is 7.04. The summed E-state index contributed by atoms with van der Waals surface area (Å²) in [6.07, 6.45) is -0.202. The summed E-state index contributed by atoms with van der Waals surface area (Å²) in [5.41, 5.74) is 1.01. The monoisotopic (exact) mass is 284 g/mol. The van der Waals surface area contributed by atoms with E-state index in [1.54, 1.807) is 14.1 Å². The highest BCUT2D eigenvalue weighted by molar-refractivity contribution is 7.86. The smallest absolute Gasteiger partial charge is 0.281 e. The summed E-state index contributed by atoms with van der Waals surface area (Å²) >= 11 is 0. The lowest BCUT2D eigenvalue weighted by Crippen LogP contribution is -2.51. The van der Waals surface area contributed by atoms with Crippen LogP contribution in [-0.4, -0.2) is 50.3 Å². The van der Waals surface area contributed by atoms with E-state index in [1.165, 1.54) is 8.61 Å². The molecule has 1 aliphatic heterocycles. The van der Waals surface area contributed by atoms with E-state index in [0.717, 1.165) is 5.56 Å². The second kappa shape index (κ2) is 5.58. The average molecular weight is 284 g/mol. The summed E-state index contributed by atoms with van der Waals surface area (Å²) in [6, 6.07) is 9.57. The number of benzene rings is 1. The van der Waals surface area contributed by atoms with Gasteiger partial charge >= 0.3 is 0 Å². The summed E-state index contributed by atoms with van der Waals surface area (Å²) in [5.74, 6) is 0.